The summed E-state index contributed by atoms with van der Waals surface area (Å²) >= 11 is 0. The topological polar surface area (TPSA) is 87.7 Å². The second-order valence-corrected chi connectivity index (χ2v) is 8.27. The molecule has 1 saturated heterocycles. The number of benzene rings is 2. The number of carbonyl (C=O) groups is 3. The van der Waals surface area contributed by atoms with Crippen molar-refractivity contribution in [1.29, 1.82) is 0 Å². The average molecular weight is 439 g/mol. The molecule has 1 aliphatic carbocycles. The van der Waals surface area contributed by atoms with Gasteiger partial charge in [-0.3, -0.25) is 14.9 Å². The molecule has 7 nitrogen and oxygen atoms in total. The van der Waals surface area contributed by atoms with Crippen LogP contribution < -0.4 is 15.5 Å². The molecule has 0 bridgehead atoms. The third-order valence-corrected chi connectivity index (χ3v) is 5.90. The zero-order valence-corrected chi connectivity index (χ0v) is 17.6. The summed E-state index contributed by atoms with van der Waals surface area (Å²) < 4.78 is 18.7. The van der Waals surface area contributed by atoms with Gasteiger partial charge < -0.3 is 15.0 Å². The molecule has 2 N–H and O–H groups in total. The van der Waals surface area contributed by atoms with Crippen LogP contribution in [0, 0.1) is 11.7 Å². The van der Waals surface area contributed by atoms with E-state index >= 15 is 0 Å². The van der Waals surface area contributed by atoms with Crippen LogP contribution in [0.15, 0.2) is 54.6 Å². The van der Waals surface area contributed by atoms with Gasteiger partial charge in [0.05, 0.1) is 5.92 Å². The number of amides is 3. The largest absolute Gasteiger partial charge is 0.446 e. The summed E-state index contributed by atoms with van der Waals surface area (Å²) in [5, 5.41) is 5.73. The number of hydrogen-bond donors (Lipinski definition) is 2. The van der Waals surface area contributed by atoms with E-state index in [0.717, 1.165) is 19.3 Å². The lowest BCUT2D eigenvalue weighted by Crippen LogP contribution is -2.44. The summed E-state index contributed by atoms with van der Waals surface area (Å²) in [6, 6.07) is 14.6. The Morgan fingerprint density at radius 3 is 2.53 bits per heavy atom. The van der Waals surface area contributed by atoms with Crippen molar-refractivity contribution in [2.75, 3.05) is 16.8 Å². The number of ether oxygens (including phenoxy) is 1. The van der Waals surface area contributed by atoms with Crippen LogP contribution in [0.4, 0.5) is 20.6 Å². The molecule has 0 aromatic heterocycles. The van der Waals surface area contributed by atoms with Gasteiger partial charge in [-0.1, -0.05) is 18.2 Å². The van der Waals surface area contributed by atoms with Crippen molar-refractivity contribution >= 4 is 29.3 Å². The number of para-hydroxylation sites is 1. The molecule has 8 heteroatoms. The van der Waals surface area contributed by atoms with Gasteiger partial charge in [0.2, 0.25) is 11.8 Å². The highest BCUT2D eigenvalue weighted by Crippen LogP contribution is 2.27. The van der Waals surface area contributed by atoms with Gasteiger partial charge >= 0.3 is 6.09 Å². The maximum Gasteiger partial charge on any atom is 0.411 e. The van der Waals surface area contributed by atoms with Crippen LogP contribution in [0.5, 0.6) is 0 Å². The van der Waals surface area contributed by atoms with Gasteiger partial charge in [0.1, 0.15) is 11.9 Å². The van der Waals surface area contributed by atoms with Crippen LogP contribution in [-0.4, -0.2) is 36.6 Å². The highest BCUT2D eigenvalue weighted by atomic mass is 19.1. The van der Waals surface area contributed by atoms with Gasteiger partial charge in [-0.05, 0) is 55.7 Å². The van der Waals surface area contributed by atoms with Crippen LogP contribution in [0.25, 0.3) is 0 Å². The van der Waals surface area contributed by atoms with Gasteiger partial charge in [-0.15, -0.1) is 0 Å². The summed E-state index contributed by atoms with van der Waals surface area (Å²) in [6.07, 6.45) is 2.25. The summed E-state index contributed by atoms with van der Waals surface area (Å²) in [5.41, 5.74) is 1.25. The lowest BCUT2D eigenvalue weighted by molar-refractivity contribution is -0.127. The van der Waals surface area contributed by atoms with Gasteiger partial charge in [0.25, 0.3) is 0 Å². The first-order valence-electron chi connectivity index (χ1n) is 10.9. The Kier molecular flexibility index (Phi) is 6.68. The molecule has 0 radical (unpaired) electrons. The maximum atomic E-state index is 13.2. The standard InChI is InChI=1S/C24H26FN3O4/c25-17-9-11-20(12-10-17)28-15-16(13-22(28)29)23(30)26-19-7-4-8-21(14-19)32-24(31)27-18-5-2-1-3-6-18/h1-3,5-6,9-12,16,19,21H,4,7-8,13-15H2,(H,26,30)(H,27,31)/t16-,19-,21-/m1/s1. The number of nitrogens with zero attached hydrogens (tertiary/aromatic N) is 1. The minimum Gasteiger partial charge on any atom is -0.446 e. The molecular formula is C24H26FN3O4. The molecule has 3 amide bonds. The molecule has 32 heavy (non-hydrogen) atoms. The molecule has 2 fully saturated rings. The predicted octanol–water partition coefficient (Wildman–Crippen LogP) is 3.85. The molecule has 1 saturated carbocycles. The molecule has 2 aliphatic rings. The van der Waals surface area contributed by atoms with Crippen molar-refractivity contribution in [1.82, 2.24) is 5.32 Å². The predicted molar refractivity (Wildman–Crippen MR) is 118 cm³/mol. The number of carbonyl (C=O) groups excluding carboxylic acids is 3. The lowest BCUT2D eigenvalue weighted by Gasteiger charge is -2.30. The molecule has 168 valence electrons. The first kappa shape index (κ1) is 21.8. The van der Waals surface area contributed by atoms with E-state index in [1.54, 1.807) is 12.1 Å². The molecule has 4 rings (SSSR count). The highest BCUT2D eigenvalue weighted by molar-refractivity contribution is 6.00. The van der Waals surface area contributed by atoms with Crippen LogP contribution in [0.2, 0.25) is 0 Å². The van der Waals surface area contributed by atoms with E-state index in [0.29, 0.717) is 17.8 Å². The van der Waals surface area contributed by atoms with Gasteiger partial charge in [-0.2, -0.15) is 0 Å². The van der Waals surface area contributed by atoms with Crippen molar-refractivity contribution in [2.24, 2.45) is 5.92 Å². The van der Waals surface area contributed by atoms with Crippen molar-refractivity contribution < 1.29 is 23.5 Å². The Bertz CT molecular complexity index is 967. The lowest BCUT2D eigenvalue weighted by atomic mass is 9.92. The Labute approximate surface area is 185 Å². The third kappa shape index (κ3) is 5.43. The quantitative estimate of drug-likeness (QED) is 0.741. The van der Waals surface area contributed by atoms with Crippen LogP contribution in [0.3, 0.4) is 0 Å². The van der Waals surface area contributed by atoms with Crippen LogP contribution >= 0.6 is 0 Å². The first-order valence-corrected chi connectivity index (χ1v) is 10.9. The van der Waals surface area contributed by atoms with Crippen molar-refractivity contribution in [2.45, 2.75) is 44.2 Å². The van der Waals surface area contributed by atoms with Crippen LogP contribution in [0.1, 0.15) is 32.1 Å². The Morgan fingerprint density at radius 2 is 1.78 bits per heavy atom. The minimum absolute atomic E-state index is 0.110. The normalized spacial score (nSPS) is 23.0. The number of hydrogen-bond acceptors (Lipinski definition) is 4. The number of nitrogens with one attached hydrogen (secondary N) is 2. The molecule has 1 aliphatic heterocycles. The third-order valence-electron chi connectivity index (χ3n) is 5.90. The molecule has 0 unspecified atom stereocenters. The molecule has 0 spiro atoms. The summed E-state index contributed by atoms with van der Waals surface area (Å²) in [6.45, 7) is 0.266. The second kappa shape index (κ2) is 9.80. The van der Waals surface area contributed by atoms with Crippen molar-refractivity contribution in [3.63, 3.8) is 0 Å². The highest BCUT2D eigenvalue weighted by Gasteiger charge is 2.36. The summed E-state index contributed by atoms with van der Waals surface area (Å²) in [4.78, 5) is 38.8. The Hall–Kier alpha value is -3.42. The number of rotatable bonds is 5. The molecule has 2 aromatic rings. The van der Waals surface area contributed by atoms with E-state index in [-0.39, 0.29) is 42.7 Å². The van der Waals surface area contributed by atoms with E-state index < -0.39 is 12.0 Å². The van der Waals surface area contributed by atoms with E-state index in [1.807, 2.05) is 18.2 Å². The number of anilines is 2. The van der Waals surface area contributed by atoms with Crippen molar-refractivity contribution in [3.05, 3.63) is 60.4 Å². The summed E-state index contributed by atoms with van der Waals surface area (Å²) in [5.74, 6) is -1.17. The SMILES string of the molecule is O=C(Nc1ccccc1)O[C@@H]1CCC[C@@H](NC(=O)[C@@H]2CC(=O)N(c3ccc(F)cc3)C2)C1. The molecule has 2 aromatic carbocycles. The van der Waals surface area contributed by atoms with Crippen molar-refractivity contribution in [3.8, 4) is 0 Å². The molecule has 3 atom stereocenters. The molecule has 1 heterocycles. The van der Waals surface area contributed by atoms with Crippen LogP contribution in [-0.2, 0) is 14.3 Å². The average Bonchev–Trinajstić information content (AvgIpc) is 3.17. The maximum absolute atomic E-state index is 13.2. The first-order chi connectivity index (χ1) is 15.5. The summed E-state index contributed by atoms with van der Waals surface area (Å²) in [7, 11) is 0. The fraction of sp³-hybridized carbons (Fsp3) is 0.375. The fourth-order valence-electron chi connectivity index (χ4n) is 4.28. The zero-order chi connectivity index (χ0) is 22.5. The second-order valence-electron chi connectivity index (χ2n) is 8.27. The van der Waals surface area contributed by atoms with E-state index in [1.165, 1.54) is 29.2 Å². The fourth-order valence-corrected chi connectivity index (χ4v) is 4.28. The Balaban J connectivity index is 1.27. The zero-order valence-electron chi connectivity index (χ0n) is 17.6. The van der Waals surface area contributed by atoms with Gasteiger partial charge in [-0.25, -0.2) is 9.18 Å². The van der Waals surface area contributed by atoms with E-state index in [4.69, 9.17) is 4.74 Å². The number of halogens is 1. The smallest absolute Gasteiger partial charge is 0.411 e. The minimum atomic E-state index is -0.510. The monoisotopic (exact) mass is 439 g/mol. The molecular weight excluding hydrogens is 413 g/mol. The van der Waals surface area contributed by atoms with Gasteiger partial charge in [0, 0.05) is 36.8 Å². The van der Waals surface area contributed by atoms with Gasteiger partial charge in [0.15, 0.2) is 0 Å². The van der Waals surface area contributed by atoms with E-state index in [9.17, 15) is 18.8 Å². The Morgan fingerprint density at radius 1 is 1.03 bits per heavy atom. The van der Waals surface area contributed by atoms with E-state index in [2.05, 4.69) is 10.6 Å².